The number of benzene rings is 1. The predicted octanol–water partition coefficient (Wildman–Crippen LogP) is 3.85. The Labute approximate surface area is 140 Å². The van der Waals surface area contributed by atoms with Crippen molar-refractivity contribution < 1.29 is 4.79 Å². The van der Waals surface area contributed by atoms with E-state index in [0.29, 0.717) is 17.6 Å². The number of carbonyl (C=O) groups is 1. The van der Waals surface area contributed by atoms with E-state index in [1.807, 2.05) is 17.0 Å². The molecule has 0 spiro atoms. The van der Waals surface area contributed by atoms with E-state index in [9.17, 15) is 4.79 Å². The summed E-state index contributed by atoms with van der Waals surface area (Å²) < 4.78 is 0. The van der Waals surface area contributed by atoms with E-state index in [1.54, 1.807) is 19.2 Å². The summed E-state index contributed by atoms with van der Waals surface area (Å²) in [5.74, 6) is 1.67. The molecule has 6 heteroatoms. The Morgan fingerprint density at radius 2 is 1.91 bits per heavy atom. The topological polar surface area (TPSA) is 58.1 Å². The maximum absolute atomic E-state index is 12.3. The summed E-state index contributed by atoms with van der Waals surface area (Å²) >= 11 is 5.93. The molecular formula is C17H19ClN4O. The number of rotatable bonds is 2. The van der Waals surface area contributed by atoms with E-state index in [-0.39, 0.29) is 6.03 Å². The van der Waals surface area contributed by atoms with Crippen LogP contribution in [0.2, 0.25) is 5.02 Å². The van der Waals surface area contributed by atoms with Crippen LogP contribution in [-0.2, 0) is 0 Å². The Morgan fingerprint density at radius 3 is 2.57 bits per heavy atom. The first kappa shape index (κ1) is 15.7. The number of likely N-dealkylation sites (tertiary alicyclic amines) is 1. The van der Waals surface area contributed by atoms with E-state index in [0.717, 1.165) is 31.0 Å². The van der Waals surface area contributed by atoms with Gasteiger partial charge in [0.15, 0.2) is 0 Å². The van der Waals surface area contributed by atoms with Crippen molar-refractivity contribution in [2.45, 2.75) is 25.7 Å². The highest BCUT2D eigenvalue weighted by Gasteiger charge is 2.24. The van der Waals surface area contributed by atoms with Crippen LogP contribution >= 0.6 is 11.6 Å². The lowest BCUT2D eigenvalue weighted by molar-refractivity contribution is 0.194. The van der Waals surface area contributed by atoms with Gasteiger partial charge in [-0.15, -0.1) is 0 Å². The molecule has 2 heterocycles. The molecule has 2 amide bonds. The summed E-state index contributed by atoms with van der Waals surface area (Å²) in [6.07, 6.45) is 3.56. The minimum Gasteiger partial charge on any atom is -0.324 e. The Bertz CT molecular complexity index is 681. The molecule has 3 rings (SSSR count). The number of halogens is 1. The molecule has 1 fully saturated rings. The molecule has 120 valence electrons. The van der Waals surface area contributed by atoms with Gasteiger partial charge in [0.05, 0.1) is 0 Å². The second-order valence-corrected chi connectivity index (χ2v) is 6.17. The number of urea groups is 1. The molecule has 1 aliphatic heterocycles. The number of piperidine rings is 1. The van der Waals surface area contributed by atoms with Crippen molar-refractivity contribution in [1.29, 1.82) is 0 Å². The van der Waals surface area contributed by atoms with E-state index < -0.39 is 0 Å². The van der Waals surface area contributed by atoms with Gasteiger partial charge in [-0.3, -0.25) is 5.32 Å². The number of nitrogens with one attached hydrogen (secondary N) is 1. The van der Waals surface area contributed by atoms with Crippen LogP contribution in [0.25, 0.3) is 0 Å². The van der Waals surface area contributed by atoms with Crippen molar-refractivity contribution in [2.24, 2.45) is 0 Å². The molecule has 5 nitrogen and oxygen atoms in total. The third-order valence-electron chi connectivity index (χ3n) is 4.13. The average molecular weight is 331 g/mol. The molecule has 0 radical (unpaired) electrons. The van der Waals surface area contributed by atoms with E-state index >= 15 is 0 Å². The Kier molecular flexibility index (Phi) is 4.76. The van der Waals surface area contributed by atoms with Gasteiger partial charge in [-0.2, -0.15) is 0 Å². The molecule has 23 heavy (non-hydrogen) atoms. The van der Waals surface area contributed by atoms with Crippen LogP contribution in [0, 0.1) is 6.92 Å². The van der Waals surface area contributed by atoms with Crippen molar-refractivity contribution in [3.8, 4) is 0 Å². The fraction of sp³-hybridized carbons (Fsp3) is 0.353. The minimum atomic E-state index is -0.0994. The lowest BCUT2D eigenvalue weighted by Crippen LogP contribution is -2.40. The number of amides is 2. The van der Waals surface area contributed by atoms with E-state index in [1.165, 1.54) is 5.56 Å². The number of aromatic nitrogens is 2. The summed E-state index contributed by atoms with van der Waals surface area (Å²) in [5, 5.41) is 3.59. The average Bonchev–Trinajstić information content (AvgIpc) is 2.56. The van der Waals surface area contributed by atoms with Crippen molar-refractivity contribution in [3.05, 3.63) is 52.9 Å². The zero-order valence-electron chi connectivity index (χ0n) is 13.0. The number of anilines is 1. The highest BCUT2D eigenvalue weighted by atomic mass is 35.5. The number of hydrogen-bond acceptors (Lipinski definition) is 3. The number of carbonyl (C=O) groups excluding carboxylic acids is 1. The standard InChI is InChI=1S/C17H19ClN4O/c1-12-19-9-6-16(20-12)21-17(23)22-10-7-14(8-11-22)13-2-4-15(18)5-3-13/h2-6,9,14H,7-8,10-11H2,1H3,(H,19,20,21,23). The largest absolute Gasteiger partial charge is 0.324 e. The molecular weight excluding hydrogens is 312 g/mol. The summed E-state index contributed by atoms with van der Waals surface area (Å²) in [6, 6.07) is 9.60. The molecule has 0 unspecified atom stereocenters. The number of hydrogen-bond donors (Lipinski definition) is 1. The molecule has 1 N–H and O–H groups in total. The number of aryl methyl sites for hydroxylation is 1. The predicted molar refractivity (Wildman–Crippen MR) is 90.8 cm³/mol. The fourth-order valence-electron chi connectivity index (χ4n) is 2.87. The van der Waals surface area contributed by atoms with Crippen molar-refractivity contribution in [1.82, 2.24) is 14.9 Å². The quantitative estimate of drug-likeness (QED) is 0.909. The molecule has 0 aliphatic carbocycles. The van der Waals surface area contributed by atoms with E-state index in [2.05, 4.69) is 27.4 Å². The van der Waals surface area contributed by atoms with Gasteiger partial charge in [-0.1, -0.05) is 23.7 Å². The molecule has 1 aromatic carbocycles. The zero-order chi connectivity index (χ0) is 16.2. The van der Waals surface area contributed by atoms with Crippen LogP contribution in [0.3, 0.4) is 0 Å². The van der Waals surface area contributed by atoms with Gasteiger partial charge in [0.1, 0.15) is 11.6 Å². The summed E-state index contributed by atoms with van der Waals surface area (Å²) in [6.45, 7) is 3.28. The minimum absolute atomic E-state index is 0.0994. The fourth-order valence-corrected chi connectivity index (χ4v) is 2.99. The highest BCUT2D eigenvalue weighted by Crippen LogP contribution is 2.29. The third kappa shape index (κ3) is 3.99. The first-order chi connectivity index (χ1) is 11.1. The smallest absolute Gasteiger partial charge is 0.323 e. The SMILES string of the molecule is Cc1nccc(NC(=O)N2CCC(c3ccc(Cl)cc3)CC2)n1. The maximum atomic E-state index is 12.3. The normalized spacial score (nSPS) is 15.5. The Hall–Kier alpha value is -2.14. The lowest BCUT2D eigenvalue weighted by atomic mass is 9.90. The Balaban J connectivity index is 1.56. The van der Waals surface area contributed by atoms with Crippen LogP contribution in [0.5, 0.6) is 0 Å². The first-order valence-electron chi connectivity index (χ1n) is 7.73. The number of nitrogens with zero attached hydrogens (tertiary/aromatic N) is 3. The molecule has 1 saturated heterocycles. The second-order valence-electron chi connectivity index (χ2n) is 5.73. The summed E-state index contributed by atoms with van der Waals surface area (Å²) in [7, 11) is 0. The van der Waals surface area contributed by atoms with Crippen LogP contribution in [0.4, 0.5) is 10.6 Å². The third-order valence-corrected chi connectivity index (χ3v) is 4.39. The van der Waals surface area contributed by atoms with E-state index in [4.69, 9.17) is 11.6 Å². The van der Waals surface area contributed by atoms with Gasteiger partial charge in [-0.05, 0) is 49.4 Å². The van der Waals surface area contributed by atoms with Crippen LogP contribution in [-0.4, -0.2) is 34.0 Å². The zero-order valence-corrected chi connectivity index (χ0v) is 13.8. The summed E-state index contributed by atoms with van der Waals surface area (Å²) in [4.78, 5) is 22.4. The van der Waals surface area contributed by atoms with Gasteiger partial charge in [0.25, 0.3) is 0 Å². The highest BCUT2D eigenvalue weighted by molar-refractivity contribution is 6.30. The van der Waals surface area contributed by atoms with Gasteiger partial charge in [0.2, 0.25) is 0 Å². The first-order valence-corrected chi connectivity index (χ1v) is 8.10. The van der Waals surface area contributed by atoms with Crippen molar-refractivity contribution >= 4 is 23.4 Å². The van der Waals surface area contributed by atoms with Crippen molar-refractivity contribution in [2.75, 3.05) is 18.4 Å². The monoisotopic (exact) mass is 330 g/mol. The Morgan fingerprint density at radius 1 is 1.22 bits per heavy atom. The van der Waals surface area contributed by atoms with Gasteiger partial charge < -0.3 is 4.90 Å². The van der Waals surface area contributed by atoms with Crippen molar-refractivity contribution in [3.63, 3.8) is 0 Å². The van der Waals surface area contributed by atoms with Gasteiger partial charge >= 0.3 is 6.03 Å². The maximum Gasteiger partial charge on any atom is 0.323 e. The van der Waals surface area contributed by atoms with Crippen LogP contribution in [0.15, 0.2) is 36.5 Å². The lowest BCUT2D eigenvalue weighted by Gasteiger charge is -2.32. The van der Waals surface area contributed by atoms with Crippen LogP contribution < -0.4 is 5.32 Å². The van der Waals surface area contributed by atoms with Gasteiger partial charge in [0, 0.05) is 24.3 Å². The van der Waals surface area contributed by atoms with Crippen LogP contribution in [0.1, 0.15) is 30.1 Å². The molecule has 0 saturated carbocycles. The second kappa shape index (κ2) is 6.96. The van der Waals surface area contributed by atoms with Gasteiger partial charge in [-0.25, -0.2) is 14.8 Å². The molecule has 2 aromatic rings. The molecule has 0 atom stereocenters. The molecule has 0 bridgehead atoms. The molecule has 1 aliphatic rings. The summed E-state index contributed by atoms with van der Waals surface area (Å²) in [5.41, 5.74) is 1.29. The molecule has 1 aromatic heterocycles.